The molecule has 0 saturated carbocycles. The Morgan fingerprint density at radius 3 is 2.88 bits per heavy atom. The molecule has 0 radical (unpaired) electrons. The third kappa shape index (κ3) is 3.77. The number of hydrogen-bond acceptors (Lipinski definition) is 4. The highest BCUT2D eigenvalue weighted by Gasteiger charge is 2.39. The van der Waals surface area contributed by atoms with Crippen LogP contribution in [0.3, 0.4) is 0 Å². The predicted molar refractivity (Wildman–Crippen MR) is 97.4 cm³/mol. The fourth-order valence-electron chi connectivity index (χ4n) is 4.70. The maximum atomic E-state index is 12.9. The first kappa shape index (κ1) is 17.1. The lowest BCUT2D eigenvalue weighted by molar-refractivity contribution is 0.0519. The molecule has 0 aromatic carbocycles. The Balaban J connectivity index is 1.37. The van der Waals surface area contributed by atoms with Gasteiger partial charge in [0.2, 0.25) is 0 Å². The van der Waals surface area contributed by atoms with E-state index in [-0.39, 0.29) is 5.91 Å². The number of rotatable bonds is 3. The van der Waals surface area contributed by atoms with Crippen LogP contribution in [0.15, 0.2) is 16.5 Å². The van der Waals surface area contributed by atoms with E-state index in [1.165, 1.54) is 25.7 Å². The van der Waals surface area contributed by atoms with E-state index in [0.717, 1.165) is 63.9 Å². The quantitative estimate of drug-likeness (QED) is 0.915. The van der Waals surface area contributed by atoms with Crippen LogP contribution in [-0.2, 0) is 6.54 Å². The van der Waals surface area contributed by atoms with Gasteiger partial charge in [-0.05, 0) is 69.8 Å². The van der Waals surface area contributed by atoms with Crippen LogP contribution in [0.25, 0.3) is 0 Å². The lowest BCUT2D eigenvalue weighted by Gasteiger charge is -2.39. The van der Waals surface area contributed by atoms with Crippen molar-refractivity contribution in [1.29, 1.82) is 0 Å². The molecule has 4 rings (SSSR count). The summed E-state index contributed by atoms with van der Waals surface area (Å²) >= 11 is 0. The van der Waals surface area contributed by atoms with Crippen molar-refractivity contribution in [3.8, 4) is 0 Å². The summed E-state index contributed by atoms with van der Waals surface area (Å²) in [5.41, 5.74) is 0.299. The van der Waals surface area contributed by atoms with E-state index in [1.807, 2.05) is 17.0 Å². The molecule has 4 heterocycles. The van der Waals surface area contributed by atoms with Crippen LogP contribution in [0.2, 0.25) is 0 Å². The van der Waals surface area contributed by atoms with Crippen LogP contribution < -0.4 is 5.32 Å². The van der Waals surface area contributed by atoms with Crippen LogP contribution in [0.5, 0.6) is 0 Å². The summed E-state index contributed by atoms with van der Waals surface area (Å²) in [6, 6.07) is 3.86. The number of carbonyl (C=O) groups excluding carboxylic acids is 1. The third-order valence-corrected chi connectivity index (χ3v) is 6.41. The summed E-state index contributed by atoms with van der Waals surface area (Å²) in [7, 11) is 0. The first-order valence-electron chi connectivity index (χ1n) is 9.95. The normalized spacial score (nSPS) is 28.8. The van der Waals surface area contributed by atoms with Crippen LogP contribution in [-0.4, -0.2) is 55.0 Å². The fraction of sp³-hybridized carbons (Fsp3) is 0.750. The summed E-state index contributed by atoms with van der Waals surface area (Å²) in [4.78, 5) is 17.3. The number of nitrogens with one attached hydrogen (secondary N) is 1. The van der Waals surface area contributed by atoms with Crippen molar-refractivity contribution < 1.29 is 9.21 Å². The minimum atomic E-state index is 0.0736. The lowest BCUT2D eigenvalue weighted by atomic mass is 9.79. The van der Waals surface area contributed by atoms with Crippen molar-refractivity contribution in [2.45, 2.75) is 45.6 Å². The van der Waals surface area contributed by atoms with E-state index < -0.39 is 0 Å². The van der Waals surface area contributed by atoms with Gasteiger partial charge in [0.1, 0.15) is 5.76 Å². The van der Waals surface area contributed by atoms with Gasteiger partial charge < -0.3 is 14.6 Å². The Hall–Kier alpha value is -1.33. The number of carbonyl (C=O) groups is 1. The van der Waals surface area contributed by atoms with Gasteiger partial charge in [0, 0.05) is 25.0 Å². The number of hydrogen-bond donors (Lipinski definition) is 1. The molecule has 1 spiro atoms. The molecule has 1 aromatic rings. The average Bonchev–Trinajstić information content (AvgIpc) is 3.26. The molecule has 0 aliphatic carbocycles. The highest BCUT2D eigenvalue weighted by atomic mass is 16.4. The molecule has 0 bridgehead atoms. The summed E-state index contributed by atoms with van der Waals surface area (Å²) in [6.45, 7) is 9.29. The first-order valence-corrected chi connectivity index (χ1v) is 9.95. The van der Waals surface area contributed by atoms with Crippen LogP contribution in [0.1, 0.15) is 55.3 Å². The molecule has 25 heavy (non-hydrogen) atoms. The van der Waals surface area contributed by atoms with Gasteiger partial charge in [-0.3, -0.25) is 9.69 Å². The van der Waals surface area contributed by atoms with Gasteiger partial charge in [-0.25, -0.2) is 0 Å². The van der Waals surface area contributed by atoms with E-state index in [2.05, 4.69) is 17.1 Å². The van der Waals surface area contributed by atoms with Gasteiger partial charge in [-0.1, -0.05) is 6.92 Å². The minimum absolute atomic E-state index is 0.0736. The van der Waals surface area contributed by atoms with E-state index in [0.29, 0.717) is 11.2 Å². The highest BCUT2D eigenvalue weighted by Crippen LogP contribution is 2.36. The van der Waals surface area contributed by atoms with Crippen molar-refractivity contribution in [3.05, 3.63) is 23.7 Å². The molecule has 0 unspecified atom stereocenters. The van der Waals surface area contributed by atoms with E-state index in [1.54, 1.807) is 0 Å². The van der Waals surface area contributed by atoms with Crippen molar-refractivity contribution in [1.82, 2.24) is 15.1 Å². The Kier molecular flexibility index (Phi) is 4.87. The topological polar surface area (TPSA) is 48.7 Å². The zero-order chi connectivity index (χ0) is 17.3. The smallest absolute Gasteiger partial charge is 0.289 e. The third-order valence-electron chi connectivity index (χ3n) is 6.41. The summed E-state index contributed by atoms with van der Waals surface area (Å²) < 4.78 is 5.93. The molecular weight excluding hydrogens is 314 g/mol. The molecule has 1 N–H and O–H groups in total. The predicted octanol–water partition coefficient (Wildman–Crippen LogP) is 2.73. The van der Waals surface area contributed by atoms with Crippen molar-refractivity contribution >= 4 is 5.91 Å². The number of likely N-dealkylation sites (tertiary alicyclic amines) is 2. The lowest BCUT2D eigenvalue weighted by Crippen LogP contribution is -2.47. The molecule has 1 atom stereocenters. The zero-order valence-corrected chi connectivity index (χ0v) is 15.4. The van der Waals surface area contributed by atoms with E-state index in [9.17, 15) is 4.79 Å². The Bertz CT molecular complexity index is 598. The summed E-state index contributed by atoms with van der Waals surface area (Å²) in [5.74, 6) is 2.35. The summed E-state index contributed by atoms with van der Waals surface area (Å²) in [5, 5.41) is 3.47. The van der Waals surface area contributed by atoms with Gasteiger partial charge in [-0.15, -0.1) is 0 Å². The van der Waals surface area contributed by atoms with Crippen molar-refractivity contribution in [2.24, 2.45) is 11.3 Å². The fourth-order valence-corrected chi connectivity index (χ4v) is 4.70. The highest BCUT2D eigenvalue weighted by molar-refractivity contribution is 5.91. The SMILES string of the molecule is CC1CCN(Cc2ccc(C(=O)N3CCC[C@@]4(CCNC4)C3)o2)CC1. The molecular formula is C20H31N3O2. The summed E-state index contributed by atoms with van der Waals surface area (Å²) in [6.07, 6.45) is 6.05. The average molecular weight is 345 g/mol. The van der Waals surface area contributed by atoms with Crippen LogP contribution in [0.4, 0.5) is 0 Å². The largest absolute Gasteiger partial charge is 0.455 e. The zero-order valence-electron chi connectivity index (χ0n) is 15.4. The number of amides is 1. The molecule has 5 heteroatoms. The van der Waals surface area contributed by atoms with Gasteiger partial charge in [0.25, 0.3) is 5.91 Å². The Labute approximate surface area is 150 Å². The van der Waals surface area contributed by atoms with Crippen molar-refractivity contribution in [2.75, 3.05) is 39.3 Å². The monoisotopic (exact) mass is 345 g/mol. The van der Waals surface area contributed by atoms with Gasteiger partial charge >= 0.3 is 0 Å². The van der Waals surface area contributed by atoms with E-state index in [4.69, 9.17) is 4.42 Å². The standard InChI is InChI=1S/C20H31N3O2/c1-16-5-11-22(12-6-16)13-17-3-4-18(25-17)19(24)23-10-2-7-20(15-23)8-9-21-14-20/h3-4,16,21H,2,5-15H2,1H3/t20-/m0/s1. The maximum absolute atomic E-state index is 12.9. The van der Waals surface area contributed by atoms with Gasteiger partial charge in [0.05, 0.1) is 6.54 Å². The molecule has 3 fully saturated rings. The van der Waals surface area contributed by atoms with Crippen LogP contribution in [0, 0.1) is 11.3 Å². The number of furan rings is 1. The van der Waals surface area contributed by atoms with Gasteiger partial charge in [0.15, 0.2) is 5.76 Å². The minimum Gasteiger partial charge on any atom is -0.455 e. The molecule has 3 aliphatic heterocycles. The maximum Gasteiger partial charge on any atom is 0.289 e. The number of nitrogens with zero attached hydrogens (tertiary/aromatic N) is 2. The Morgan fingerprint density at radius 2 is 2.12 bits per heavy atom. The molecule has 1 aromatic heterocycles. The molecule has 3 aliphatic rings. The first-order chi connectivity index (χ1) is 12.1. The van der Waals surface area contributed by atoms with Crippen LogP contribution >= 0.6 is 0 Å². The second-order valence-corrected chi connectivity index (χ2v) is 8.48. The van der Waals surface area contributed by atoms with Crippen molar-refractivity contribution in [3.63, 3.8) is 0 Å². The number of piperidine rings is 2. The molecule has 3 saturated heterocycles. The second-order valence-electron chi connectivity index (χ2n) is 8.48. The Morgan fingerprint density at radius 1 is 1.28 bits per heavy atom. The van der Waals surface area contributed by atoms with Gasteiger partial charge in [-0.2, -0.15) is 0 Å². The molecule has 1 amide bonds. The molecule has 5 nitrogen and oxygen atoms in total. The molecule has 138 valence electrons. The second kappa shape index (κ2) is 7.12. The van der Waals surface area contributed by atoms with E-state index >= 15 is 0 Å².